The molecule has 0 saturated carbocycles. The summed E-state index contributed by atoms with van der Waals surface area (Å²) in [6, 6.07) is 4.86. The highest BCUT2D eigenvalue weighted by atomic mass is 16.5. The van der Waals surface area contributed by atoms with Gasteiger partial charge in [-0.1, -0.05) is 6.92 Å². The quantitative estimate of drug-likeness (QED) is 0.540. The Balaban J connectivity index is 1.76. The molecule has 3 rings (SSSR count). The van der Waals surface area contributed by atoms with Crippen LogP contribution in [0.5, 0.6) is 5.75 Å². The highest BCUT2D eigenvalue weighted by Crippen LogP contribution is 2.30. The van der Waals surface area contributed by atoms with Crippen LogP contribution in [-0.4, -0.2) is 98.5 Å². The summed E-state index contributed by atoms with van der Waals surface area (Å²) >= 11 is 0. The number of fused-ring (bicyclic) bond motifs is 1. The molecule has 1 aromatic carbocycles. The normalized spacial score (nSPS) is 23.0. The standard InChI is InChI=1S/C23H36N4O5/c1-16-14-27(17(2)15-28)23(30)19-12-18(4-5-20(19)32-21(16)13-24-3)25-22(29)6-7-26-8-10-31-11-9-26/h4-5,12,16-17,21,24,28H,6-11,13-15H2,1-3H3,(H,25,29)/t16-,17+,21+/m0/s1. The molecule has 1 aromatic rings. The van der Waals surface area contributed by atoms with E-state index in [1.807, 2.05) is 20.9 Å². The number of nitrogens with zero attached hydrogens (tertiary/aromatic N) is 2. The third-order valence-corrected chi connectivity index (χ3v) is 6.11. The first-order chi connectivity index (χ1) is 15.4. The van der Waals surface area contributed by atoms with E-state index in [9.17, 15) is 14.7 Å². The third kappa shape index (κ3) is 6.19. The second kappa shape index (κ2) is 11.6. The van der Waals surface area contributed by atoms with Gasteiger partial charge in [0.1, 0.15) is 11.9 Å². The van der Waals surface area contributed by atoms with Crippen LogP contribution in [0.1, 0.15) is 30.6 Å². The Morgan fingerprint density at radius 1 is 1.31 bits per heavy atom. The largest absolute Gasteiger partial charge is 0.488 e. The lowest BCUT2D eigenvalue weighted by Crippen LogP contribution is -2.49. The van der Waals surface area contributed by atoms with Crippen molar-refractivity contribution in [2.75, 3.05) is 64.9 Å². The molecule has 1 saturated heterocycles. The Hall–Kier alpha value is -2.20. The second-order valence-corrected chi connectivity index (χ2v) is 8.64. The Kier molecular flexibility index (Phi) is 8.86. The number of hydrogen-bond acceptors (Lipinski definition) is 7. The van der Waals surface area contributed by atoms with Gasteiger partial charge < -0.3 is 30.1 Å². The number of rotatable bonds is 8. The zero-order valence-corrected chi connectivity index (χ0v) is 19.3. The smallest absolute Gasteiger partial charge is 0.258 e. The summed E-state index contributed by atoms with van der Waals surface area (Å²) in [6.45, 7) is 8.61. The van der Waals surface area contributed by atoms with Crippen molar-refractivity contribution in [3.8, 4) is 5.75 Å². The summed E-state index contributed by atoms with van der Waals surface area (Å²) in [4.78, 5) is 29.7. The lowest BCUT2D eigenvalue weighted by atomic mass is 9.99. The molecular formula is C23H36N4O5. The molecule has 178 valence electrons. The highest BCUT2D eigenvalue weighted by molar-refractivity contribution is 5.99. The molecular weight excluding hydrogens is 412 g/mol. The topological polar surface area (TPSA) is 103 Å². The van der Waals surface area contributed by atoms with Crippen molar-refractivity contribution in [3.63, 3.8) is 0 Å². The number of aliphatic hydroxyl groups excluding tert-OH is 1. The van der Waals surface area contributed by atoms with Gasteiger partial charge in [0.25, 0.3) is 5.91 Å². The van der Waals surface area contributed by atoms with Gasteiger partial charge in [0.2, 0.25) is 5.91 Å². The SMILES string of the molecule is CNC[C@H]1Oc2ccc(NC(=O)CCN3CCOCC3)cc2C(=O)N([C@H](C)CO)C[C@@H]1C. The number of nitrogens with one attached hydrogen (secondary N) is 2. The monoisotopic (exact) mass is 448 g/mol. The van der Waals surface area contributed by atoms with E-state index in [0.29, 0.717) is 56.3 Å². The Labute approximate surface area is 190 Å². The Morgan fingerprint density at radius 2 is 2.06 bits per heavy atom. The first-order valence-electron chi connectivity index (χ1n) is 11.4. The van der Waals surface area contributed by atoms with E-state index in [0.717, 1.165) is 13.1 Å². The number of ether oxygens (including phenoxy) is 2. The first-order valence-corrected chi connectivity index (χ1v) is 11.4. The molecule has 0 aliphatic carbocycles. The van der Waals surface area contributed by atoms with E-state index in [4.69, 9.17) is 9.47 Å². The fourth-order valence-corrected chi connectivity index (χ4v) is 4.05. The van der Waals surface area contributed by atoms with Crippen molar-refractivity contribution < 1.29 is 24.2 Å². The van der Waals surface area contributed by atoms with Crippen molar-refractivity contribution in [2.24, 2.45) is 5.92 Å². The molecule has 32 heavy (non-hydrogen) atoms. The Morgan fingerprint density at radius 3 is 2.75 bits per heavy atom. The van der Waals surface area contributed by atoms with Crippen LogP contribution in [0.15, 0.2) is 18.2 Å². The van der Waals surface area contributed by atoms with Gasteiger partial charge in [0.05, 0.1) is 31.4 Å². The van der Waals surface area contributed by atoms with Gasteiger partial charge >= 0.3 is 0 Å². The molecule has 0 radical (unpaired) electrons. The van der Waals surface area contributed by atoms with Crippen LogP contribution in [0.25, 0.3) is 0 Å². The molecule has 2 amide bonds. The van der Waals surface area contributed by atoms with E-state index in [-0.39, 0.29) is 36.5 Å². The predicted octanol–water partition coefficient (Wildman–Crippen LogP) is 0.787. The summed E-state index contributed by atoms with van der Waals surface area (Å²) in [5.41, 5.74) is 0.951. The van der Waals surface area contributed by atoms with Crippen LogP contribution in [0, 0.1) is 5.92 Å². The predicted molar refractivity (Wildman–Crippen MR) is 122 cm³/mol. The summed E-state index contributed by atoms with van der Waals surface area (Å²) in [7, 11) is 1.87. The van der Waals surface area contributed by atoms with Crippen LogP contribution in [0.4, 0.5) is 5.69 Å². The number of amides is 2. The van der Waals surface area contributed by atoms with Gasteiger partial charge in [0, 0.05) is 50.7 Å². The lowest BCUT2D eigenvalue weighted by Gasteiger charge is -2.37. The van der Waals surface area contributed by atoms with Crippen molar-refractivity contribution >= 4 is 17.5 Å². The fourth-order valence-electron chi connectivity index (χ4n) is 4.05. The van der Waals surface area contributed by atoms with Gasteiger partial charge in [0.15, 0.2) is 0 Å². The van der Waals surface area contributed by atoms with Crippen LogP contribution < -0.4 is 15.4 Å². The number of likely N-dealkylation sites (N-methyl/N-ethyl adjacent to an activating group) is 1. The minimum Gasteiger partial charge on any atom is -0.488 e. The second-order valence-electron chi connectivity index (χ2n) is 8.64. The number of benzene rings is 1. The van der Waals surface area contributed by atoms with Crippen LogP contribution in [0.2, 0.25) is 0 Å². The van der Waals surface area contributed by atoms with Crippen molar-refractivity contribution in [1.82, 2.24) is 15.1 Å². The molecule has 2 aliphatic heterocycles. The Bertz CT molecular complexity index is 784. The minimum atomic E-state index is -0.321. The molecule has 1 fully saturated rings. The molecule has 9 heteroatoms. The average Bonchev–Trinajstić information content (AvgIpc) is 2.80. The van der Waals surface area contributed by atoms with Gasteiger partial charge in [-0.15, -0.1) is 0 Å². The summed E-state index contributed by atoms with van der Waals surface area (Å²) in [5, 5.41) is 15.8. The van der Waals surface area contributed by atoms with Crippen LogP contribution in [-0.2, 0) is 9.53 Å². The van der Waals surface area contributed by atoms with Crippen molar-refractivity contribution in [1.29, 1.82) is 0 Å². The van der Waals surface area contributed by atoms with Crippen molar-refractivity contribution in [3.05, 3.63) is 23.8 Å². The molecule has 3 atom stereocenters. The van der Waals surface area contributed by atoms with Gasteiger partial charge in [-0.25, -0.2) is 0 Å². The molecule has 0 spiro atoms. The maximum atomic E-state index is 13.4. The fraction of sp³-hybridized carbons (Fsp3) is 0.652. The summed E-state index contributed by atoms with van der Waals surface area (Å²) < 4.78 is 11.5. The zero-order valence-electron chi connectivity index (χ0n) is 19.3. The van der Waals surface area contributed by atoms with E-state index < -0.39 is 0 Å². The third-order valence-electron chi connectivity index (χ3n) is 6.11. The molecule has 2 aliphatic rings. The minimum absolute atomic E-state index is 0.0770. The number of carbonyl (C=O) groups is 2. The number of carbonyl (C=O) groups excluding carboxylic acids is 2. The maximum Gasteiger partial charge on any atom is 0.258 e. The first kappa shape index (κ1) is 24.4. The zero-order chi connectivity index (χ0) is 23.1. The van der Waals surface area contributed by atoms with Gasteiger partial charge in [-0.05, 0) is 32.2 Å². The maximum absolute atomic E-state index is 13.4. The van der Waals surface area contributed by atoms with Gasteiger partial charge in [-0.2, -0.15) is 0 Å². The molecule has 2 heterocycles. The number of hydrogen-bond donors (Lipinski definition) is 3. The average molecular weight is 449 g/mol. The summed E-state index contributed by atoms with van der Waals surface area (Å²) in [6.07, 6.45) is 0.242. The van der Waals surface area contributed by atoms with E-state index in [1.165, 1.54) is 0 Å². The molecule has 0 unspecified atom stereocenters. The lowest BCUT2D eigenvalue weighted by molar-refractivity contribution is -0.116. The molecule has 0 bridgehead atoms. The van der Waals surface area contributed by atoms with Gasteiger partial charge in [-0.3, -0.25) is 14.5 Å². The number of anilines is 1. The van der Waals surface area contributed by atoms with E-state index in [1.54, 1.807) is 23.1 Å². The molecule has 0 aromatic heterocycles. The number of aliphatic hydroxyl groups is 1. The van der Waals surface area contributed by atoms with Crippen LogP contribution in [0.3, 0.4) is 0 Å². The molecule has 3 N–H and O–H groups in total. The molecule has 9 nitrogen and oxygen atoms in total. The highest BCUT2D eigenvalue weighted by Gasteiger charge is 2.32. The van der Waals surface area contributed by atoms with Crippen LogP contribution >= 0.6 is 0 Å². The van der Waals surface area contributed by atoms with E-state index >= 15 is 0 Å². The number of morpholine rings is 1. The van der Waals surface area contributed by atoms with Crippen molar-refractivity contribution in [2.45, 2.75) is 32.4 Å². The van der Waals surface area contributed by atoms with E-state index in [2.05, 4.69) is 15.5 Å². The summed E-state index contributed by atoms with van der Waals surface area (Å²) in [5.74, 6) is 0.259.